The van der Waals surface area contributed by atoms with Gasteiger partial charge in [0.1, 0.15) is 5.75 Å². The van der Waals surface area contributed by atoms with E-state index in [9.17, 15) is 9.59 Å². The Hall–Kier alpha value is -3.29. The Morgan fingerprint density at radius 3 is 2.50 bits per heavy atom. The summed E-state index contributed by atoms with van der Waals surface area (Å²) < 4.78 is 6.74. The Morgan fingerprint density at radius 2 is 1.78 bits per heavy atom. The van der Waals surface area contributed by atoms with Crippen LogP contribution in [0.2, 0.25) is 5.02 Å². The predicted octanol–water partition coefficient (Wildman–Crippen LogP) is 4.46. The molecule has 1 amide bonds. The summed E-state index contributed by atoms with van der Waals surface area (Å²) in [6.45, 7) is 0.396. The third kappa shape index (κ3) is 4.95. The molecular weight excluding hydrogens is 446 g/mol. The summed E-state index contributed by atoms with van der Waals surface area (Å²) in [6, 6.07) is 21.6. The first-order chi connectivity index (χ1) is 15.5. The molecule has 0 aliphatic heterocycles. The van der Waals surface area contributed by atoms with Gasteiger partial charge in [0, 0.05) is 11.6 Å². The molecule has 32 heavy (non-hydrogen) atoms. The summed E-state index contributed by atoms with van der Waals surface area (Å²) in [6.07, 6.45) is 0. The van der Waals surface area contributed by atoms with Gasteiger partial charge in [0.05, 0.1) is 29.5 Å². The van der Waals surface area contributed by atoms with Crippen LogP contribution in [0.5, 0.6) is 5.75 Å². The highest BCUT2D eigenvalue weighted by Crippen LogP contribution is 2.22. The zero-order chi connectivity index (χ0) is 22.5. The number of benzene rings is 3. The maximum atomic E-state index is 13.3. The molecule has 0 spiro atoms. The molecule has 4 rings (SSSR count). The van der Waals surface area contributed by atoms with E-state index >= 15 is 0 Å². The number of aromatic nitrogens is 2. The number of ether oxygens (including phenoxy) is 1. The summed E-state index contributed by atoms with van der Waals surface area (Å²) in [5.41, 5.74) is 2.00. The highest BCUT2D eigenvalue weighted by atomic mass is 35.5. The molecule has 4 aromatic rings. The van der Waals surface area contributed by atoms with Gasteiger partial charge in [-0.25, -0.2) is 4.98 Å². The van der Waals surface area contributed by atoms with E-state index in [1.165, 1.54) is 16.3 Å². The van der Waals surface area contributed by atoms with Crippen LogP contribution in [0.3, 0.4) is 0 Å². The fraction of sp³-hybridized carbons (Fsp3) is 0.125. The predicted molar refractivity (Wildman–Crippen MR) is 128 cm³/mol. The minimum atomic E-state index is -0.190. The number of nitrogens with one attached hydrogen (secondary N) is 1. The third-order valence-electron chi connectivity index (χ3n) is 4.81. The van der Waals surface area contributed by atoms with E-state index in [2.05, 4.69) is 10.3 Å². The van der Waals surface area contributed by atoms with Gasteiger partial charge in [-0.2, -0.15) is 0 Å². The Morgan fingerprint density at radius 1 is 1.06 bits per heavy atom. The van der Waals surface area contributed by atoms with Gasteiger partial charge in [-0.15, -0.1) is 0 Å². The summed E-state index contributed by atoms with van der Waals surface area (Å²) >= 11 is 7.11. The lowest BCUT2D eigenvalue weighted by molar-refractivity contribution is -0.118. The second-order valence-corrected chi connectivity index (χ2v) is 8.32. The van der Waals surface area contributed by atoms with Crippen molar-refractivity contribution in [2.45, 2.75) is 11.7 Å². The molecule has 3 aromatic carbocycles. The zero-order valence-electron chi connectivity index (χ0n) is 17.2. The highest BCUT2D eigenvalue weighted by molar-refractivity contribution is 7.99. The van der Waals surface area contributed by atoms with Crippen molar-refractivity contribution in [1.29, 1.82) is 0 Å². The summed E-state index contributed by atoms with van der Waals surface area (Å²) in [7, 11) is 1.59. The Labute approximate surface area is 194 Å². The Kier molecular flexibility index (Phi) is 6.78. The van der Waals surface area contributed by atoms with E-state index in [1.807, 2.05) is 18.2 Å². The van der Waals surface area contributed by atoms with E-state index in [1.54, 1.807) is 61.7 Å². The lowest BCUT2D eigenvalue weighted by Gasteiger charge is -2.13. The molecule has 0 saturated heterocycles. The molecule has 0 aliphatic rings. The monoisotopic (exact) mass is 465 g/mol. The minimum Gasteiger partial charge on any atom is -0.497 e. The van der Waals surface area contributed by atoms with Gasteiger partial charge in [0.2, 0.25) is 5.91 Å². The van der Waals surface area contributed by atoms with Crippen LogP contribution in [0.25, 0.3) is 16.6 Å². The summed E-state index contributed by atoms with van der Waals surface area (Å²) in [4.78, 5) is 30.4. The first kappa shape index (κ1) is 21.9. The molecule has 1 aromatic heterocycles. The van der Waals surface area contributed by atoms with Crippen molar-refractivity contribution in [1.82, 2.24) is 14.9 Å². The molecule has 8 heteroatoms. The largest absolute Gasteiger partial charge is 0.497 e. The molecule has 0 atom stereocenters. The Bertz CT molecular complexity index is 1310. The van der Waals surface area contributed by atoms with E-state index in [0.717, 1.165) is 5.56 Å². The minimum absolute atomic E-state index is 0.120. The van der Waals surface area contributed by atoms with Crippen LogP contribution in [-0.2, 0) is 11.3 Å². The number of nitrogens with zero attached hydrogens (tertiary/aromatic N) is 2. The SMILES string of the molecule is COc1ccc(-n2c(SCC(=O)NCc3ccc(Cl)cc3)nc3ccccc3c2=O)cc1. The number of halogens is 1. The van der Waals surface area contributed by atoms with Gasteiger partial charge in [-0.3, -0.25) is 14.2 Å². The summed E-state index contributed by atoms with van der Waals surface area (Å²) in [5, 5.41) is 4.49. The lowest BCUT2D eigenvalue weighted by atomic mass is 10.2. The molecule has 1 heterocycles. The quantitative estimate of drug-likeness (QED) is 0.322. The second kappa shape index (κ2) is 9.89. The number of rotatable bonds is 7. The fourth-order valence-corrected chi connectivity index (χ4v) is 4.12. The smallest absolute Gasteiger partial charge is 0.266 e. The molecule has 0 saturated carbocycles. The van der Waals surface area contributed by atoms with Crippen molar-refractivity contribution in [3.63, 3.8) is 0 Å². The number of carbonyl (C=O) groups excluding carboxylic acids is 1. The van der Waals surface area contributed by atoms with Gasteiger partial charge in [-0.1, -0.05) is 47.6 Å². The van der Waals surface area contributed by atoms with Gasteiger partial charge in [0.15, 0.2) is 5.16 Å². The van der Waals surface area contributed by atoms with Crippen LogP contribution in [0.1, 0.15) is 5.56 Å². The van der Waals surface area contributed by atoms with E-state index in [4.69, 9.17) is 16.3 Å². The topological polar surface area (TPSA) is 73.2 Å². The van der Waals surface area contributed by atoms with Gasteiger partial charge >= 0.3 is 0 Å². The second-order valence-electron chi connectivity index (χ2n) is 6.94. The van der Waals surface area contributed by atoms with E-state index in [0.29, 0.717) is 39.1 Å². The number of amides is 1. The molecule has 0 fully saturated rings. The summed E-state index contributed by atoms with van der Waals surface area (Å²) in [5.74, 6) is 0.647. The van der Waals surface area contributed by atoms with Crippen molar-refractivity contribution in [2.24, 2.45) is 0 Å². The van der Waals surface area contributed by atoms with Crippen LogP contribution >= 0.6 is 23.4 Å². The maximum absolute atomic E-state index is 13.3. The highest BCUT2D eigenvalue weighted by Gasteiger charge is 2.15. The number of para-hydroxylation sites is 1. The van der Waals surface area contributed by atoms with Crippen LogP contribution in [0, 0.1) is 0 Å². The number of hydrogen-bond acceptors (Lipinski definition) is 5. The molecule has 0 bridgehead atoms. The molecule has 1 N–H and O–H groups in total. The fourth-order valence-electron chi connectivity index (χ4n) is 3.15. The number of methoxy groups -OCH3 is 1. The normalized spacial score (nSPS) is 10.8. The molecule has 0 unspecified atom stereocenters. The van der Waals surface area contributed by atoms with Crippen LogP contribution in [-0.4, -0.2) is 28.3 Å². The van der Waals surface area contributed by atoms with Crippen molar-refractivity contribution < 1.29 is 9.53 Å². The first-order valence-corrected chi connectivity index (χ1v) is 11.2. The maximum Gasteiger partial charge on any atom is 0.266 e. The zero-order valence-corrected chi connectivity index (χ0v) is 18.8. The van der Waals surface area contributed by atoms with E-state index in [-0.39, 0.29) is 17.2 Å². The van der Waals surface area contributed by atoms with Crippen LogP contribution in [0.4, 0.5) is 0 Å². The van der Waals surface area contributed by atoms with Crippen LogP contribution < -0.4 is 15.6 Å². The van der Waals surface area contributed by atoms with Crippen molar-refractivity contribution in [2.75, 3.05) is 12.9 Å². The average Bonchev–Trinajstić information content (AvgIpc) is 2.82. The molecule has 0 aliphatic carbocycles. The van der Waals surface area contributed by atoms with E-state index < -0.39 is 0 Å². The molecule has 0 radical (unpaired) electrons. The number of fused-ring (bicyclic) bond motifs is 1. The molecular formula is C24H20ClN3O3S. The van der Waals surface area contributed by atoms with Crippen molar-refractivity contribution in [3.8, 4) is 11.4 Å². The third-order valence-corrected chi connectivity index (χ3v) is 6.00. The number of thioether (sulfide) groups is 1. The molecule has 6 nitrogen and oxygen atoms in total. The van der Waals surface area contributed by atoms with Gasteiger partial charge in [-0.05, 0) is 54.1 Å². The average molecular weight is 466 g/mol. The Balaban J connectivity index is 1.58. The van der Waals surface area contributed by atoms with Gasteiger partial charge < -0.3 is 10.1 Å². The standard InChI is InChI=1S/C24H20ClN3O3S/c1-31-19-12-10-18(11-13-19)28-23(30)20-4-2-3-5-21(20)27-24(28)32-15-22(29)26-14-16-6-8-17(25)9-7-16/h2-13H,14-15H2,1H3,(H,26,29). The van der Waals surface area contributed by atoms with Crippen molar-refractivity contribution in [3.05, 3.63) is 93.7 Å². The van der Waals surface area contributed by atoms with Crippen molar-refractivity contribution >= 4 is 40.2 Å². The number of hydrogen-bond donors (Lipinski definition) is 1. The first-order valence-electron chi connectivity index (χ1n) is 9.85. The van der Waals surface area contributed by atoms with Gasteiger partial charge in [0.25, 0.3) is 5.56 Å². The lowest BCUT2D eigenvalue weighted by Crippen LogP contribution is -2.26. The number of carbonyl (C=O) groups is 1. The molecule has 162 valence electrons. The van der Waals surface area contributed by atoms with Crippen LogP contribution in [0.15, 0.2) is 82.7 Å².